The van der Waals surface area contributed by atoms with Crippen LogP contribution in [0.25, 0.3) is 0 Å². The van der Waals surface area contributed by atoms with Gasteiger partial charge in [0.05, 0.1) is 34.4 Å². The standard InChI is InChI=1S/C53H94NO7P/c1-6-8-10-12-14-16-18-20-22-23-24-25-26-27-28-29-30-31-32-33-35-37-39-41-43-45-48-58-50-52(51-60-62(56,57)59-49-47-54(3,4)5)61-53(55)46-44-42-40-38-36-34-21-19-17-15-13-11-9-7-2/h8,10,13-16,19-22,24-25,27-28,52H,6-7,9,11-12,17-18,23,26,29-51H2,1-5H3/p+1/b10-8-,15-13-,16-14-,21-19-,22-20-,25-24-,28-27-. The fourth-order valence-corrected chi connectivity index (χ4v) is 7.10. The first-order valence-electron chi connectivity index (χ1n) is 24.8. The van der Waals surface area contributed by atoms with Crippen LogP contribution < -0.4 is 0 Å². The van der Waals surface area contributed by atoms with Crippen LogP contribution in [0.15, 0.2) is 85.1 Å². The van der Waals surface area contributed by atoms with Crippen LogP contribution >= 0.6 is 7.82 Å². The van der Waals surface area contributed by atoms with Crippen molar-refractivity contribution in [2.45, 2.75) is 193 Å². The summed E-state index contributed by atoms with van der Waals surface area (Å²) in [6, 6.07) is 0. The van der Waals surface area contributed by atoms with Crippen molar-refractivity contribution in [2.75, 3.05) is 54.1 Å². The zero-order valence-corrected chi connectivity index (χ0v) is 41.5. The smallest absolute Gasteiger partial charge is 0.457 e. The maximum absolute atomic E-state index is 12.7. The normalized spacial score (nSPS) is 14.4. The number of hydrogen-bond donors (Lipinski definition) is 1. The van der Waals surface area contributed by atoms with Crippen LogP contribution in [0.4, 0.5) is 0 Å². The van der Waals surface area contributed by atoms with E-state index in [4.69, 9.17) is 18.5 Å². The van der Waals surface area contributed by atoms with Gasteiger partial charge in [-0.2, -0.15) is 0 Å². The molecule has 0 amide bonds. The number of esters is 1. The van der Waals surface area contributed by atoms with Crippen molar-refractivity contribution in [1.82, 2.24) is 0 Å². The summed E-state index contributed by atoms with van der Waals surface area (Å²) in [6.45, 7) is 5.43. The lowest BCUT2D eigenvalue weighted by Gasteiger charge is -2.24. The molecule has 0 aliphatic rings. The molecule has 0 aromatic rings. The lowest BCUT2D eigenvalue weighted by molar-refractivity contribution is -0.870. The molecule has 62 heavy (non-hydrogen) atoms. The molecule has 0 heterocycles. The fourth-order valence-electron chi connectivity index (χ4n) is 6.36. The number of unbranched alkanes of at least 4 members (excludes halogenated alkanes) is 17. The van der Waals surface area contributed by atoms with Gasteiger partial charge in [-0.15, -0.1) is 0 Å². The molecule has 9 heteroatoms. The molecule has 0 aromatic heterocycles. The van der Waals surface area contributed by atoms with Gasteiger partial charge in [0.1, 0.15) is 19.3 Å². The van der Waals surface area contributed by atoms with E-state index in [-0.39, 0.29) is 25.8 Å². The third kappa shape index (κ3) is 48.7. The van der Waals surface area contributed by atoms with Crippen molar-refractivity contribution < 1.29 is 37.3 Å². The summed E-state index contributed by atoms with van der Waals surface area (Å²) in [5.74, 6) is -0.332. The number of allylic oxidation sites excluding steroid dienone is 14. The van der Waals surface area contributed by atoms with Crippen LogP contribution in [-0.4, -0.2) is 75.6 Å². The summed E-state index contributed by atoms with van der Waals surface area (Å²) in [7, 11) is 1.64. The zero-order valence-electron chi connectivity index (χ0n) is 40.6. The number of likely N-dealkylation sites (N-methyl/N-ethyl adjacent to an activating group) is 1. The molecule has 0 saturated carbocycles. The van der Waals surface area contributed by atoms with E-state index in [1.54, 1.807) is 0 Å². The molecule has 2 atom stereocenters. The number of quaternary nitrogens is 1. The highest BCUT2D eigenvalue weighted by Gasteiger charge is 2.26. The Morgan fingerprint density at radius 1 is 0.516 bits per heavy atom. The molecule has 0 aliphatic heterocycles. The summed E-state index contributed by atoms with van der Waals surface area (Å²) in [5, 5.41) is 0. The summed E-state index contributed by atoms with van der Waals surface area (Å²) in [5.41, 5.74) is 0. The second kappa shape index (κ2) is 45.3. The number of carbonyl (C=O) groups is 1. The highest BCUT2D eigenvalue weighted by atomic mass is 31.2. The van der Waals surface area contributed by atoms with Crippen molar-refractivity contribution in [3.05, 3.63) is 85.1 Å². The summed E-state index contributed by atoms with van der Waals surface area (Å²) < 4.78 is 35.1. The van der Waals surface area contributed by atoms with Gasteiger partial charge < -0.3 is 18.9 Å². The lowest BCUT2D eigenvalue weighted by Crippen LogP contribution is -2.37. The largest absolute Gasteiger partial charge is 0.472 e. The molecule has 0 fully saturated rings. The fraction of sp³-hybridized carbons (Fsp3) is 0.717. The van der Waals surface area contributed by atoms with Crippen LogP contribution in [0.3, 0.4) is 0 Å². The second-order valence-electron chi connectivity index (χ2n) is 17.5. The number of phosphoric acid groups is 1. The van der Waals surface area contributed by atoms with E-state index in [9.17, 15) is 14.3 Å². The Balaban J connectivity index is 4.14. The van der Waals surface area contributed by atoms with Crippen molar-refractivity contribution in [1.29, 1.82) is 0 Å². The highest BCUT2D eigenvalue weighted by Crippen LogP contribution is 2.43. The molecule has 0 bridgehead atoms. The number of nitrogens with zero attached hydrogens (tertiary/aromatic N) is 1. The van der Waals surface area contributed by atoms with Gasteiger partial charge in [-0.3, -0.25) is 13.8 Å². The molecule has 0 saturated heterocycles. The number of ether oxygens (including phenoxy) is 2. The Morgan fingerprint density at radius 3 is 1.40 bits per heavy atom. The molecule has 0 spiro atoms. The van der Waals surface area contributed by atoms with Crippen LogP contribution in [0.2, 0.25) is 0 Å². The molecular formula is C53H95NO7P+. The van der Waals surface area contributed by atoms with Crippen LogP contribution in [-0.2, 0) is 27.9 Å². The van der Waals surface area contributed by atoms with Crippen LogP contribution in [0, 0.1) is 0 Å². The molecule has 1 N–H and O–H groups in total. The van der Waals surface area contributed by atoms with Gasteiger partial charge in [0.25, 0.3) is 0 Å². The van der Waals surface area contributed by atoms with E-state index < -0.39 is 13.9 Å². The molecule has 0 rings (SSSR count). The topological polar surface area (TPSA) is 91.3 Å². The SMILES string of the molecule is CC/C=C\C/C=C\C/C=C\C/C=C\C/C=C\CCCCCCCCCCCCOCC(COP(=O)(O)OCC[N+](C)(C)C)OC(=O)CCCCCCC/C=C\C/C=C\CCCC. The number of phosphoric ester groups is 1. The van der Waals surface area contributed by atoms with Crippen molar-refractivity contribution in [3.63, 3.8) is 0 Å². The highest BCUT2D eigenvalue weighted by molar-refractivity contribution is 7.47. The minimum atomic E-state index is -4.29. The summed E-state index contributed by atoms with van der Waals surface area (Å²) in [6.07, 6.45) is 60.6. The number of hydrogen-bond acceptors (Lipinski definition) is 6. The van der Waals surface area contributed by atoms with E-state index >= 15 is 0 Å². The molecule has 8 nitrogen and oxygen atoms in total. The minimum absolute atomic E-state index is 0.0808. The Labute approximate surface area is 382 Å². The van der Waals surface area contributed by atoms with Crippen molar-refractivity contribution in [2.24, 2.45) is 0 Å². The Bertz CT molecular complexity index is 1260. The third-order valence-electron chi connectivity index (χ3n) is 10.2. The lowest BCUT2D eigenvalue weighted by atomic mass is 10.1. The predicted molar refractivity (Wildman–Crippen MR) is 265 cm³/mol. The van der Waals surface area contributed by atoms with E-state index in [1.165, 1.54) is 77.0 Å². The minimum Gasteiger partial charge on any atom is -0.457 e. The van der Waals surface area contributed by atoms with Gasteiger partial charge in [0, 0.05) is 13.0 Å². The maximum atomic E-state index is 12.7. The molecule has 2 unspecified atom stereocenters. The van der Waals surface area contributed by atoms with Crippen molar-refractivity contribution >= 4 is 13.8 Å². The Kier molecular flexibility index (Phi) is 43.6. The Morgan fingerprint density at radius 2 is 0.935 bits per heavy atom. The van der Waals surface area contributed by atoms with E-state index in [1.807, 2.05) is 21.1 Å². The van der Waals surface area contributed by atoms with E-state index in [2.05, 4.69) is 98.9 Å². The molecule has 0 radical (unpaired) electrons. The van der Waals surface area contributed by atoms with E-state index in [0.29, 0.717) is 24.1 Å². The predicted octanol–water partition coefficient (Wildman–Crippen LogP) is 15.2. The molecule has 0 aliphatic carbocycles. The average molecular weight is 889 g/mol. The summed E-state index contributed by atoms with van der Waals surface area (Å²) in [4.78, 5) is 22.9. The Hall–Kier alpha value is -2.32. The maximum Gasteiger partial charge on any atom is 0.472 e. The van der Waals surface area contributed by atoms with Gasteiger partial charge >= 0.3 is 13.8 Å². The van der Waals surface area contributed by atoms with Gasteiger partial charge in [-0.1, -0.05) is 182 Å². The van der Waals surface area contributed by atoms with Gasteiger partial charge in [-0.25, -0.2) is 4.57 Å². The van der Waals surface area contributed by atoms with E-state index in [0.717, 1.165) is 89.9 Å². The van der Waals surface area contributed by atoms with Crippen molar-refractivity contribution in [3.8, 4) is 0 Å². The van der Waals surface area contributed by atoms with Crippen LogP contribution in [0.1, 0.15) is 187 Å². The van der Waals surface area contributed by atoms with Gasteiger partial charge in [0.2, 0.25) is 0 Å². The summed E-state index contributed by atoms with van der Waals surface area (Å²) >= 11 is 0. The average Bonchev–Trinajstić information content (AvgIpc) is 3.23. The monoisotopic (exact) mass is 889 g/mol. The zero-order chi connectivity index (χ0) is 45.5. The quantitative estimate of drug-likeness (QED) is 0.0214. The second-order valence-corrected chi connectivity index (χ2v) is 18.9. The number of rotatable bonds is 45. The first kappa shape index (κ1) is 59.7. The molecular weight excluding hydrogens is 794 g/mol. The first-order valence-corrected chi connectivity index (χ1v) is 26.3. The van der Waals surface area contributed by atoms with Crippen LogP contribution in [0.5, 0.6) is 0 Å². The molecule has 358 valence electrons. The molecule has 0 aromatic carbocycles. The third-order valence-corrected chi connectivity index (χ3v) is 11.2. The van der Waals surface area contributed by atoms with Gasteiger partial charge in [0.15, 0.2) is 0 Å². The number of carbonyl (C=O) groups excluding carboxylic acids is 1. The first-order chi connectivity index (χ1) is 30.1. The van der Waals surface area contributed by atoms with Gasteiger partial charge in [-0.05, 0) is 83.5 Å².